The van der Waals surface area contributed by atoms with Crippen LogP contribution in [0.2, 0.25) is 0 Å². The third-order valence-electron chi connectivity index (χ3n) is 3.26. The van der Waals surface area contributed by atoms with Crippen molar-refractivity contribution in [2.45, 2.75) is 19.4 Å². The first-order chi connectivity index (χ1) is 9.68. The maximum absolute atomic E-state index is 12.0. The second kappa shape index (κ2) is 6.81. The highest BCUT2D eigenvalue weighted by Gasteiger charge is 2.21. The zero-order chi connectivity index (χ0) is 14.4. The van der Waals surface area contributed by atoms with Crippen molar-refractivity contribution in [3.8, 4) is 0 Å². The maximum Gasteiger partial charge on any atom is 0.224 e. The minimum absolute atomic E-state index is 0.0548. The van der Waals surface area contributed by atoms with Crippen LogP contribution in [0.15, 0.2) is 36.7 Å². The van der Waals surface area contributed by atoms with Gasteiger partial charge in [0.15, 0.2) is 0 Å². The van der Waals surface area contributed by atoms with Crippen molar-refractivity contribution in [2.75, 3.05) is 6.54 Å². The van der Waals surface area contributed by atoms with Gasteiger partial charge in [0.05, 0.1) is 5.92 Å². The zero-order valence-electron chi connectivity index (χ0n) is 11.4. The molecule has 0 saturated heterocycles. The molecule has 0 bridgehead atoms. The van der Waals surface area contributed by atoms with Gasteiger partial charge >= 0.3 is 0 Å². The number of hydrogen-bond acceptors (Lipinski definition) is 4. The van der Waals surface area contributed by atoms with Crippen LogP contribution in [0, 0.1) is 5.92 Å². The van der Waals surface area contributed by atoms with Crippen LogP contribution in [0.4, 0.5) is 0 Å². The summed E-state index contributed by atoms with van der Waals surface area (Å²) in [5.41, 5.74) is 7.08. The lowest BCUT2D eigenvalue weighted by molar-refractivity contribution is -0.125. The number of aromatic nitrogens is 3. The van der Waals surface area contributed by atoms with Crippen LogP contribution < -0.4 is 11.1 Å². The fourth-order valence-electron chi connectivity index (χ4n) is 1.94. The summed E-state index contributed by atoms with van der Waals surface area (Å²) in [6, 6.07) is 9.33. The molecule has 2 aromatic rings. The normalized spacial score (nSPS) is 13.7. The molecule has 6 nitrogen and oxygen atoms in total. The van der Waals surface area contributed by atoms with E-state index in [1.807, 2.05) is 37.3 Å². The average Bonchev–Trinajstić information content (AvgIpc) is 2.99. The van der Waals surface area contributed by atoms with Crippen molar-refractivity contribution in [3.63, 3.8) is 0 Å². The summed E-state index contributed by atoms with van der Waals surface area (Å²) in [5.74, 6) is 0.415. The molecule has 4 N–H and O–H groups in total. The summed E-state index contributed by atoms with van der Waals surface area (Å²) in [6.07, 6.45) is 2.07. The Labute approximate surface area is 117 Å². The first kappa shape index (κ1) is 14.2. The van der Waals surface area contributed by atoms with Gasteiger partial charge in [0.1, 0.15) is 12.2 Å². The topological polar surface area (TPSA) is 96.7 Å². The smallest absolute Gasteiger partial charge is 0.224 e. The Morgan fingerprint density at radius 3 is 2.80 bits per heavy atom. The summed E-state index contributed by atoms with van der Waals surface area (Å²) in [4.78, 5) is 16.0. The number of amides is 1. The maximum atomic E-state index is 12.0. The highest BCUT2D eigenvalue weighted by Crippen LogP contribution is 2.18. The number of H-pyrrole nitrogens is 1. The van der Waals surface area contributed by atoms with Crippen molar-refractivity contribution in [3.05, 3.63) is 48.0 Å². The minimum atomic E-state index is -0.304. The van der Waals surface area contributed by atoms with E-state index >= 15 is 0 Å². The Balaban J connectivity index is 1.82. The molecular formula is C14H19N5O. The lowest BCUT2D eigenvalue weighted by atomic mass is 9.95. The molecule has 20 heavy (non-hydrogen) atoms. The van der Waals surface area contributed by atoms with E-state index in [2.05, 4.69) is 20.5 Å². The van der Waals surface area contributed by atoms with Gasteiger partial charge in [-0.1, -0.05) is 37.3 Å². The SMILES string of the molecule is CC(C(=O)NCCc1ncn[nH]1)C(N)c1ccccc1. The second-order valence-corrected chi connectivity index (χ2v) is 4.70. The minimum Gasteiger partial charge on any atom is -0.355 e. The van der Waals surface area contributed by atoms with E-state index in [-0.39, 0.29) is 17.9 Å². The number of carbonyl (C=O) groups excluding carboxylic acids is 1. The van der Waals surface area contributed by atoms with Gasteiger partial charge in [-0.15, -0.1) is 0 Å². The van der Waals surface area contributed by atoms with Crippen LogP contribution in [-0.4, -0.2) is 27.6 Å². The number of rotatable bonds is 6. The molecule has 0 saturated carbocycles. The molecule has 0 aliphatic rings. The highest BCUT2D eigenvalue weighted by molar-refractivity contribution is 5.79. The summed E-state index contributed by atoms with van der Waals surface area (Å²) in [6.45, 7) is 2.35. The van der Waals surface area contributed by atoms with Crippen LogP contribution in [0.1, 0.15) is 24.4 Å². The van der Waals surface area contributed by atoms with Crippen molar-refractivity contribution >= 4 is 5.91 Å². The molecule has 1 amide bonds. The highest BCUT2D eigenvalue weighted by atomic mass is 16.1. The van der Waals surface area contributed by atoms with Crippen LogP contribution >= 0.6 is 0 Å². The van der Waals surface area contributed by atoms with E-state index in [1.54, 1.807) is 0 Å². The Hall–Kier alpha value is -2.21. The van der Waals surface area contributed by atoms with Gasteiger partial charge < -0.3 is 11.1 Å². The predicted octanol–water partition coefficient (Wildman–Crippen LogP) is 0.800. The molecule has 2 atom stereocenters. The first-order valence-electron chi connectivity index (χ1n) is 6.61. The van der Waals surface area contributed by atoms with E-state index in [4.69, 9.17) is 5.73 Å². The summed E-state index contributed by atoms with van der Waals surface area (Å²) in [5, 5.41) is 9.37. The van der Waals surface area contributed by atoms with E-state index in [0.29, 0.717) is 13.0 Å². The number of carbonyl (C=O) groups is 1. The van der Waals surface area contributed by atoms with Crippen molar-refractivity contribution < 1.29 is 4.79 Å². The lowest BCUT2D eigenvalue weighted by Crippen LogP contribution is -2.36. The summed E-state index contributed by atoms with van der Waals surface area (Å²) < 4.78 is 0. The van der Waals surface area contributed by atoms with Crippen molar-refractivity contribution in [1.29, 1.82) is 0 Å². The summed E-state index contributed by atoms with van der Waals surface area (Å²) >= 11 is 0. The van der Waals surface area contributed by atoms with Gasteiger partial charge in [0, 0.05) is 19.0 Å². The molecular weight excluding hydrogens is 254 g/mol. The third-order valence-corrected chi connectivity index (χ3v) is 3.26. The molecule has 0 spiro atoms. The first-order valence-corrected chi connectivity index (χ1v) is 6.61. The van der Waals surface area contributed by atoms with E-state index in [0.717, 1.165) is 11.4 Å². The van der Waals surface area contributed by atoms with Gasteiger partial charge in [-0.25, -0.2) is 4.98 Å². The number of benzene rings is 1. The predicted molar refractivity (Wildman–Crippen MR) is 75.6 cm³/mol. The number of nitrogens with zero attached hydrogens (tertiary/aromatic N) is 2. The van der Waals surface area contributed by atoms with Gasteiger partial charge in [-0.05, 0) is 5.56 Å². The zero-order valence-corrected chi connectivity index (χ0v) is 11.4. The fraction of sp³-hybridized carbons (Fsp3) is 0.357. The van der Waals surface area contributed by atoms with Crippen molar-refractivity contribution in [1.82, 2.24) is 20.5 Å². The van der Waals surface area contributed by atoms with Crippen LogP contribution in [-0.2, 0) is 11.2 Å². The molecule has 0 aliphatic carbocycles. The second-order valence-electron chi connectivity index (χ2n) is 4.70. The molecule has 1 aromatic heterocycles. The number of hydrogen-bond donors (Lipinski definition) is 3. The average molecular weight is 273 g/mol. The van der Waals surface area contributed by atoms with Gasteiger partial charge in [-0.2, -0.15) is 5.10 Å². The van der Waals surface area contributed by atoms with Gasteiger partial charge in [0.2, 0.25) is 5.91 Å². The molecule has 2 unspecified atom stereocenters. The quantitative estimate of drug-likeness (QED) is 0.725. The molecule has 106 valence electrons. The lowest BCUT2D eigenvalue weighted by Gasteiger charge is -2.19. The fourth-order valence-corrected chi connectivity index (χ4v) is 1.94. The van der Waals surface area contributed by atoms with E-state index < -0.39 is 0 Å². The van der Waals surface area contributed by atoms with Crippen molar-refractivity contribution in [2.24, 2.45) is 11.7 Å². The molecule has 2 rings (SSSR count). The Morgan fingerprint density at radius 1 is 1.40 bits per heavy atom. The van der Waals surface area contributed by atoms with Crippen LogP contribution in [0.5, 0.6) is 0 Å². The molecule has 0 aliphatic heterocycles. The van der Waals surface area contributed by atoms with E-state index in [9.17, 15) is 4.79 Å². The number of nitrogens with one attached hydrogen (secondary N) is 2. The van der Waals surface area contributed by atoms with Gasteiger partial charge in [-0.3, -0.25) is 9.89 Å². The molecule has 6 heteroatoms. The molecule has 1 heterocycles. The van der Waals surface area contributed by atoms with Crippen LogP contribution in [0.3, 0.4) is 0 Å². The third kappa shape index (κ3) is 3.64. The Morgan fingerprint density at radius 2 is 2.15 bits per heavy atom. The largest absolute Gasteiger partial charge is 0.355 e. The Bertz CT molecular complexity index is 526. The van der Waals surface area contributed by atoms with Gasteiger partial charge in [0.25, 0.3) is 0 Å². The molecule has 0 fully saturated rings. The standard InChI is InChI=1S/C14H19N5O/c1-10(13(15)11-5-3-2-4-6-11)14(20)16-8-7-12-17-9-18-19-12/h2-6,9-10,13H,7-8,15H2,1H3,(H,16,20)(H,17,18,19). The Kier molecular flexibility index (Phi) is 4.84. The van der Waals surface area contributed by atoms with Crippen LogP contribution in [0.25, 0.3) is 0 Å². The number of aromatic amines is 1. The molecule has 0 radical (unpaired) electrons. The molecule has 1 aromatic carbocycles. The number of nitrogens with two attached hydrogens (primary N) is 1. The monoisotopic (exact) mass is 273 g/mol. The summed E-state index contributed by atoms with van der Waals surface area (Å²) in [7, 11) is 0. The van der Waals surface area contributed by atoms with E-state index in [1.165, 1.54) is 6.33 Å².